The Hall–Kier alpha value is -2.45. The Kier molecular flexibility index (Phi) is 7.22. The molecule has 0 spiro atoms. The number of carbonyl (C=O) groups is 2. The van der Waals surface area contributed by atoms with Crippen LogP contribution in [0.15, 0.2) is 53.0 Å². The first kappa shape index (κ1) is 21.3. The molecule has 1 aliphatic rings. The van der Waals surface area contributed by atoms with Gasteiger partial charge in [0.2, 0.25) is 5.91 Å². The van der Waals surface area contributed by atoms with Gasteiger partial charge in [0.1, 0.15) is 0 Å². The lowest BCUT2D eigenvalue weighted by atomic mass is 10.2. The lowest BCUT2D eigenvalue weighted by Crippen LogP contribution is -2.48. The van der Waals surface area contributed by atoms with Crippen molar-refractivity contribution in [1.29, 1.82) is 0 Å². The summed E-state index contributed by atoms with van der Waals surface area (Å²) in [6, 6.07) is 15.1. The molecule has 2 aromatic rings. The summed E-state index contributed by atoms with van der Waals surface area (Å²) in [5.41, 5.74) is 2.42. The smallest absolute Gasteiger partial charge is 0.258 e. The number of thiocarbonyl (C=S) groups is 1. The molecule has 8 heteroatoms. The summed E-state index contributed by atoms with van der Waals surface area (Å²) in [5.74, 6) is -0.0617. The number of amides is 2. The average molecular weight is 475 g/mol. The van der Waals surface area contributed by atoms with Gasteiger partial charge in [-0.25, -0.2) is 0 Å². The molecule has 2 amide bonds. The molecule has 0 bridgehead atoms. The number of nitrogens with zero attached hydrogens (tertiary/aromatic N) is 2. The van der Waals surface area contributed by atoms with Crippen LogP contribution >= 0.6 is 28.1 Å². The van der Waals surface area contributed by atoms with Crippen LogP contribution in [0.2, 0.25) is 0 Å². The number of hydrogen-bond donors (Lipinski definition) is 2. The van der Waals surface area contributed by atoms with E-state index >= 15 is 0 Å². The molecule has 6 nitrogen and oxygen atoms in total. The maximum Gasteiger partial charge on any atom is 0.258 e. The van der Waals surface area contributed by atoms with Gasteiger partial charge < -0.3 is 15.1 Å². The Balaban J connectivity index is 1.53. The van der Waals surface area contributed by atoms with Crippen molar-refractivity contribution in [1.82, 2.24) is 10.2 Å². The van der Waals surface area contributed by atoms with Gasteiger partial charge in [-0.05, 0) is 64.5 Å². The maximum atomic E-state index is 12.3. The van der Waals surface area contributed by atoms with Crippen molar-refractivity contribution in [2.45, 2.75) is 13.3 Å². The van der Waals surface area contributed by atoms with Crippen molar-refractivity contribution >= 4 is 56.4 Å². The van der Waals surface area contributed by atoms with Crippen molar-refractivity contribution in [3.05, 3.63) is 58.6 Å². The molecule has 0 aliphatic carbocycles. The molecular weight excluding hydrogens is 452 g/mol. The predicted molar refractivity (Wildman–Crippen MR) is 123 cm³/mol. The van der Waals surface area contributed by atoms with Crippen molar-refractivity contribution in [2.24, 2.45) is 0 Å². The zero-order chi connectivity index (χ0) is 20.8. The van der Waals surface area contributed by atoms with Gasteiger partial charge in [0.25, 0.3) is 5.91 Å². The molecule has 1 saturated heterocycles. The first-order chi connectivity index (χ1) is 14.0. The van der Waals surface area contributed by atoms with Gasteiger partial charge in [-0.3, -0.25) is 14.9 Å². The minimum atomic E-state index is -0.272. The molecule has 0 saturated carbocycles. The minimum absolute atomic E-state index is 0.210. The number of rotatable bonds is 4. The van der Waals surface area contributed by atoms with E-state index in [2.05, 4.69) is 31.5 Å². The van der Waals surface area contributed by atoms with E-state index in [0.717, 1.165) is 37.6 Å². The van der Waals surface area contributed by atoms with E-state index in [1.807, 2.05) is 48.2 Å². The highest BCUT2D eigenvalue weighted by Gasteiger charge is 2.20. The topological polar surface area (TPSA) is 64.7 Å². The molecule has 0 atom stereocenters. The van der Waals surface area contributed by atoms with Gasteiger partial charge >= 0.3 is 0 Å². The van der Waals surface area contributed by atoms with Crippen LogP contribution in [0.1, 0.15) is 23.7 Å². The van der Waals surface area contributed by atoms with Crippen LogP contribution < -0.4 is 15.5 Å². The van der Waals surface area contributed by atoms with Crippen molar-refractivity contribution in [2.75, 3.05) is 36.4 Å². The highest BCUT2D eigenvalue weighted by molar-refractivity contribution is 9.10. The number of benzene rings is 2. The Morgan fingerprint density at radius 1 is 1.03 bits per heavy atom. The summed E-state index contributed by atoms with van der Waals surface area (Å²) in [5, 5.41) is 5.96. The fraction of sp³-hybridized carbons (Fsp3) is 0.286. The molecule has 29 heavy (non-hydrogen) atoms. The Bertz CT molecular complexity index is 896. The zero-order valence-electron chi connectivity index (χ0n) is 16.2. The molecule has 1 fully saturated rings. The number of hydrogen-bond acceptors (Lipinski definition) is 4. The van der Waals surface area contributed by atoms with Crippen molar-refractivity contribution in [3.63, 3.8) is 0 Å². The van der Waals surface area contributed by atoms with Crippen molar-refractivity contribution in [3.8, 4) is 0 Å². The van der Waals surface area contributed by atoms with Crippen LogP contribution in [0.25, 0.3) is 0 Å². The third-order valence-electron chi connectivity index (χ3n) is 4.77. The second-order valence-corrected chi connectivity index (χ2v) is 7.92. The molecule has 0 unspecified atom stereocenters. The van der Waals surface area contributed by atoms with Crippen molar-refractivity contribution < 1.29 is 9.59 Å². The Morgan fingerprint density at radius 2 is 1.69 bits per heavy atom. The van der Waals surface area contributed by atoms with Gasteiger partial charge in [0, 0.05) is 48.4 Å². The van der Waals surface area contributed by atoms with E-state index in [0.29, 0.717) is 16.5 Å². The van der Waals surface area contributed by atoms with E-state index < -0.39 is 0 Å². The van der Waals surface area contributed by atoms with Crippen LogP contribution in [-0.2, 0) is 4.79 Å². The summed E-state index contributed by atoms with van der Waals surface area (Å²) < 4.78 is 0.713. The van der Waals surface area contributed by atoms with Crippen LogP contribution in [0.4, 0.5) is 11.4 Å². The summed E-state index contributed by atoms with van der Waals surface area (Å²) in [4.78, 5) is 28.3. The number of anilines is 2. The monoisotopic (exact) mass is 474 g/mol. The van der Waals surface area contributed by atoms with E-state index in [9.17, 15) is 9.59 Å². The fourth-order valence-electron chi connectivity index (χ4n) is 3.17. The van der Waals surface area contributed by atoms with Crippen LogP contribution in [0.5, 0.6) is 0 Å². The molecule has 1 heterocycles. The lowest BCUT2D eigenvalue weighted by Gasteiger charge is -2.36. The number of piperazine rings is 1. The summed E-state index contributed by atoms with van der Waals surface area (Å²) in [7, 11) is 0. The van der Waals surface area contributed by atoms with Gasteiger partial charge in [-0.1, -0.05) is 19.1 Å². The summed E-state index contributed by atoms with van der Waals surface area (Å²) in [6.45, 7) is 5.03. The molecular formula is C21H23BrN4O2S. The molecule has 3 rings (SSSR count). The molecule has 1 aliphatic heterocycles. The molecule has 2 N–H and O–H groups in total. The van der Waals surface area contributed by atoms with Gasteiger partial charge in [-0.15, -0.1) is 0 Å². The van der Waals surface area contributed by atoms with Gasteiger partial charge in [0.15, 0.2) is 5.11 Å². The highest BCUT2D eigenvalue weighted by atomic mass is 79.9. The highest BCUT2D eigenvalue weighted by Crippen LogP contribution is 2.20. The largest absolute Gasteiger partial charge is 0.368 e. The van der Waals surface area contributed by atoms with Gasteiger partial charge in [-0.2, -0.15) is 0 Å². The summed E-state index contributed by atoms with van der Waals surface area (Å²) in [6.07, 6.45) is 0.554. The number of nitrogens with one attached hydrogen (secondary N) is 2. The van der Waals surface area contributed by atoms with Crippen LogP contribution in [-0.4, -0.2) is 48.0 Å². The molecule has 152 valence electrons. The zero-order valence-corrected chi connectivity index (χ0v) is 18.6. The van der Waals surface area contributed by atoms with E-state index in [4.69, 9.17) is 12.2 Å². The SMILES string of the molecule is CCC(=O)N1CCN(c2ccc(NC(=S)NC(=O)c3ccccc3Br)cc2)CC1. The Labute approximate surface area is 184 Å². The van der Waals surface area contributed by atoms with E-state index in [-0.39, 0.29) is 16.9 Å². The standard InChI is InChI=1S/C21H23BrN4O2S/c1-2-19(27)26-13-11-25(12-14-26)16-9-7-15(8-10-16)23-21(29)24-20(28)17-5-3-4-6-18(17)22/h3-10H,2,11-14H2,1H3,(H2,23,24,28,29). The first-order valence-corrected chi connectivity index (χ1v) is 10.7. The third-order valence-corrected chi connectivity index (χ3v) is 5.67. The lowest BCUT2D eigenvalue weighted by molar-refractivity contribution is -0.131. The second-order valence-electron chi connectivity index (χ2n) is 6.66. The van der Waals surface area contributed by atoms with E-state index in [1.54, 1.807) is 12.1 Å². The summed E-state index contributed by atoms with van der Waals surface area (Å²) >= 11 is 8.62. The first-order valence-electron chi connectivity index (χ1n) is 9.47. The normalized spacial score (nSPS) is 13.7. The fourth-order valence-corrected chi connectivity index (χ4v) is 3.85. The number of carbonyl (C=O) groups excluding carboxylic acids is 2. The predicted octanol–water partition coefficient (Wildman–Crippen LogP) is 3.63. The number of halogens is 1. The second kappa shape index (κ2) is 9.84. The molecule has 2 aromatic carbocycles. The van der Waals surface area contributed by atoms with Gasteiger partial charge in [0.05, 0.1) is 5.56 Å². The van der Waals surface area contributed by atoms with Crippen LogP contribution in [0.3, 0.4) is 0 Å². The molecule has 0 aromatic heterocycles. The van der Waals surface area contributed by atoms with E-state index in [1.165, 1.54) is 0 Å². The average Bonchev–Trinajstić information content (AvgIpc) is 2.74. The maximum absolute atomic E-state index is 12.3. The quantitative estimate of drug-likeness (QED) is 0.662. The third kappa shape index (κ3) is 5.55. The minimum Gasteiger partial charge on any atom is -0.368 e. The van der Waals surface area contributed by atoms with Crippen LogP contribution in [0, 0.1) is 0 Å². The Morgan fingerprint density at radius 3 is 2.31 bits per heavy atom. The molecule has 0 radical (unpaired) electrons.